The molecule has 0 N–H and O–H groups in total. The highest BCUT2D eigenvalue weighted by Gasteiger charge is 2.50. The lowest BCUT2D eigenvalue weighted by Crippen LogP contribution is -2.66. The molecule has 3 heterocycles. The number of rotatable bonds is 9. The summed E-state index contributed by atoms with van der Waals surface area (Å²) in [5.74, 6) is -0.133. The first-order chi connectivity index (χ1) is 28.9. The third kappa shape index (κ3) is 8.60. The Labute approximate surface area is 364 Å². The van der Waals surface area contributed by atoms with Crippen molar-refractivity contribution in [3.8, 4) is 16.9 Å². The molecule has 0 unspecified atom stereocenters. The fourth-order valence-electron chi connectivity index (χ4n) is 8.55. The van der Waals surface area contributed by atoms with E-state index in [1.54, 1.807) is 33.7 Å². The van der Waals surface area contributed by atoms with Gasteiger partial charge in [0.05, 0.1) is 28.4 Å². The molecule has 0 saturated carbocycles. The predicted molar refractivity (Wildman–Crippen MR) is 247 cm³/mol. The van der Waals surface area contributed by atoms with E-state index in [-0.39, 0.29) is 45.5 Å². The lowest BCUT2D eigenvalue weighted by atomic mass is 9.97. The molecule has 2 aromatic heterocycles. The van der Waals surface area contributed by atoms with Crippen molar-refractivity contribution >= 4 is 53.2 Å². The molecule has 61 heavy (non-hydrogen) atoms. The number of halogens is 2. The summed E-state index contributed by atoms with van der Waals surface area (Å²) in [5.41, 5.74) is 1.77. The molecular formula is C49H55ClFN5O4Si. The summed E-state index contributed by atoms with van der Waals surface area (Å²) in [6.45, 7) is 19.6. The fraction of sp³-hybridized carbons (Fsp3) is 0.347. The minimum Gasteiger partial charge on any atom is -0.444 e. The van der Waals surface area contributed by atoms with E-state index in [0.29, 0.717) is 36.5 Å². The zero-order valence-electron chi connectivity index (χ0n) is 36.5. The van der Waals surface area contributed by atoms with Crippen LogP contribution in [0.2, 0.25) is 10.1 Å². The molecule has 6 aromatic rings. The number of para-hydroxylation sites is 1. The van der Waals surface area contributed by atoms with Crippen molar-refractivity contribution in [2.75, 3.05) is 24.5 Å². The molecule has 0 bridgehead atoms. The van der Waals surface area contributed by atoms with Crippen LogP contribution in [0.25, 0.3) is 28.0 Å². The second kappa shape index (κ2) is 17.2. The molecule has 1 fully saturated rings. The van der Waals surface area contributed by atoms with E-state index in [2.05, 4.69) is 83.1 Å². The smallest absolute Gasteiger partial charge is 0.410 e. The van der Waals surface area contributed by atoms with Crippen LogP contribution in [0, 0.1) is 5.82 Å². The van der Waals surface area contributed by atoms with E-state index in [4.69, 9.17) is 30.7 Å². The number of amides is 1. The highest BCUT2D eigenvalue weighted by atomic mass is 35.5. The number of piperazine rings is 1. The molecule has 0 spiro atoms. The summed E-state index contributed by atoms with van der Waals surface area (Å²) in [4.78, 5) is 41.7. The molecule has 9 nitrogen and oxygen atoms in total. The van der Waals surface area contributed by atoms with E-state index in [1.165, 1.54) is 6.07 Å². The van der Waals surface area contributed by atoms with Gasteiger partial charge in [-0.05, 0) is 72.8 Å². The maximum absolute atomic E-state index is 15.6. The molecule has 1 amide bonds. The van der Waals surface area contributed by atoms with Crippen molar-refractivity contribution in [3.05, 3.63) is 142 Å². The second-order valence-corrected chi connectivity index (χ2v) is 22.9. The summed E-state index contributed by atoms with van der Waals surface area (Å²) >= 11 is 7.05. The molecule has 4 aromatic carbocycles. The number of aromatic nitrogens is 3. The van der Waals surface area contributed by atoms with Crippen LogP contribution >= 0.6 is 11.6 Å². The third-order valence-corrected chi connectivity index (χ3v) is 16.6. The number of benzene rings is 4. The van der Waals surface area contributed by atoms with Crippen LogP contribution in [-0.2, 0) is 15.8 Å². The quantitative estimate of drug-likeness (QED) is 0.134. The van der Waals surface area contributed by atoms with Crippen molar-refractivity contribution < 1.29 is 18.3 Å². The van der Waals surface area contributed by atoms with Crippen molar-refractivity contribution in [2.45, 2.75) is 91.5 Å². The highest BCUT2D eigenvalue weighted by molar-refractivity contribution is 6.99. The van der Waals surface area contributed by atoms with Crippen molar-refractivity contribution in [1.82, 2.24) is 19.4 Å². The minimum atomic E-state index is -3.02. The van der Waals surface area contributed by atoms with Crippen LogP contribution in [0.4, 0.5) is 15.0 Å². The van der Waals surface area contributed by atoms with Crippen molar-refractivity contribution in [3.63, 3.8) is 0 Å². The maximum Gasteiger partial charge on any atom is 0.410 e. The van der Waals surface area contributed by atoms with Gasteiger partial charge in [0.1, 0.15) is 17.2 Å². The zero-order valence-corrected chi connectivity index (χ0v) is 38.3. The number of hydrogen-bond acceptors (Lipinski definition) is 7. The number of fused-ring (bicyclic) bond motifs is 1. The van der Waals surface area contributed by atoms with Crippen LogP contribution in [0.15, 0.2) is 114 Å². The van der Waals surface area contributed by atoms with Gasteiger partial charge in [0.15, 0.2) is 5.65 Å². The molecule has 1 atom stereocenters. The van der Waals surface area contributed by atoms with Gasteiger partial charge in [0, 0.05) is 36.8 Å². The fourth-order valence-corrected chi connectivity index (χ4v) is 13.3. The number of carbonyl (C=O) groups excluding carboxylic acids is 1. The van der Waals surface area contributed by atoms with Gasteiger partial charge in [-0.3, -0.25) is 0 Å². The Kier molecular flexibility index (Phi) is 12.3. The van der Waals surface area contributed by atoms with Gasteiger partial charge in [-0.2, -0.15) is 4.98 Å². The summed E-state index contributed by atoms with van der Waals surface area (Å²) in [6, 6.07) is 34.7. The normalized spacial score (nSPS) is 15.1. The molecule has 1 aliphatic heterocycles. The molecule has 12 heteroatoms. The largest absolute Gasteiger partial charge is 0.444 e. The Hall–Kier alpha value is -5.36. The Balaban J connectivity index is 1.44. The maximum atomic E-state index is 15.6. The summed E-state index contributed by atoms with van der Waals surface area (Å²) in [6.07, 6.45) is -0.399. The SMILES string of the molecule is CC(C)c1cccc(CO[Si](c2ccccc2)(c2ccccc2)C(C)(C)C)c1-n1c(=O)nc(N2CCN(C(=O)OC(C)(C)C)C[C@@H]2C)c2cc(Cl)c(-c3ccccc3F)nc21. The molecule has 0 aliphatic carbocycles. The molecule has 1 aliphatic rings. The number of anilines is 1. The van der Waals surface area contributed by atoms with Gasteiger partial charge in [-0.15, -0.1) is 0 Å². The molecule has 318 valence electrons. The summed E-state index contributed by atoms with van der Waals surface area (Å²) in [7, 11) is -3.02. The average molecular weight is 861 g/mol. The zero-order chi connectivity index (χ0) is 43.9. The number of hydrogen-bond donors (Lipinski definition) is 0. The molecular weight excluding hydrogens is 805 g/mol. The Morgan fingerprint density at radius 1 is 0.869 bits per heavy atom. The standard InChI is InChI=1S/C49H55ClFN5O4Si/c1-32(2)37-25-18-19-34(31-59-61(49(7,8)9,35-20-12-10-13-21-35)36-22-14-11-15-23-36)43(37)56-45-39(29-40(50)42(52-45)38-24-16-17-26-41(38)51)44(53-46(56)57)55-28-27-54(30-33(55)3)47(58)60-48(4,5)6/h10-26,29,32-33H,27-28,30-31H2,1-9H3/t33-/m0/s1. The van der Waals surface area contributed by atoms with Crippen LogP contribution in [0.3, 0.4) is 0 Å². The monoisotopic (exact) mass is 859 g/mol. The van der Waals surface area contributed by atoms with Crippen LogP contribution < -0.4 is 21.0 Å². The minimum absolute atomic E-state index is 0.0243. The Bertz CT molecular complexity index is 2570. The first-order valence-corrected chi connectivity index (χ1v) is 23.2. The van der Waals surface area contributed by atoms with E-state index in [0.717, 1.165) is 21.5 Å². The van der Waals surface area contributed by atoms with E-state index < -0.39 is 31.5 Å². The second-order valence-electron chi connectivity index (χ2n) is 18.2. The summed E-state index contributed by atoms with van der Waals surface area (Å²) in [5, 5.41) is 2.69. The van der Waals surface area contributed by atoms with Gasteiger partial charge in [0.2, 0.25) is 0 Å². The van der Waals surface area contributed by atoms with Gasteiger partial charge in [-0.1, -0.05) is 137 Å². The van der Waals surface area contributed by atoms with Gasteiger partial charge in [-0.25, -0.2) is 23.5 Å². The number of ether oxygens (including phenoxy) is 1. The molecule has 0 radical (unpaired) electrons. The van der Waals surface area contributed by atoms with Gasteiger partial charge >= 0.3 is 11.8 Å². The third-order valence-electron chi connectivity index (χ3n) is 11.3. The van der Waals surface area contributed by atoms with Crippen LogP contribution in [0.1, 0.15) is 79.4 Å². The van der Waals surface area contributed by atoms with Crippen molar-refractivity contribution in [2.24, 2.45) is 0 Å². The Morgan fingerprint density at radius 3 is 2.07 bits per heavy atom. The van der Waals surface area contributed by atoms with Gasteiger partial charge < -0.3 is 19.0 Å². The highest BCUT2D eigenvalue weighted by Crippen LogP contribution is 2.40. The van der Waals surface area contributed by atoms with Gasteiger partial charge in [0.25, 0.3) is 8.32 Å². The average Bonchev–Trinajstić information content (AvgIpc) is 3.21. The molecule has 1 saturated heterocycles. The van der Waals surface area contributed by atoms with Crippen LogP contribution in [-0.4, -0.2) is 65.1 Å². The predicted octanol–water partition coefficient (Wildman–Crippen LogP) is 9.89. The summed E-state index contributed by atoms with van der Waals surface area (Å²) < 4.78 is 30.3. The lowest BCUT2D eigenvalue weighted by Gasteiger charge is -2.43. The van der Waals surface area contributed by atoms with E-state index >= 15 is 9.18 Å². The first-order valence-electron chi connectivity index (χ1n) is 20.9. The number of nitrogens with zero attached hydrogens (tertiary/aromatic N) is 5. The number of carbonyl (C=O) groups is 1. The topological polar surface area (TPSA) is 89.8 Å². The molecule has 7 rings (SSSR count). The van der Waals surface area contributed by atoms with Crippen molar-refractivity contribution in [1.29, 1.82) is 0 Å². The first kappa shape index (κ1) is 43.7. The Morgan fingerprint density at radius 2 is 1.49 bits per heavy atom. The van der Waals surface area contributed by atoms with Crippen LogP contribution in [0.5, 0.6) is 0 Å². The van der Waals surface area contributed by atoms with E-state index in [1.807, 2.05) is 62.9 Å². The number of pyridine rings is 1. The van der Waals surface area contributed by atoms with E-state index in [9.17, 15) is 4.79 Å². The lowest BCUT2D eigenvalue weighted by molar-refractivity contribution is 0.0218.